The number of nitriles is 1. The molecule has 0 aromatic carbocycles. The highest BCUT2D eigenvalue weighted by Crippen LogP contribution is 2.46. The van der Waals surface area contributed by atoms with Gasteiger partial charge in [-0.3, -0.25) is 19.2 Å². The lowest BCUT2D eigenvalue weighted by molar-refractivity contribution is -0.134. The lowest BCUT2D eigenvalue weighted by Gasteiger charge is -2.31. The second kappa shape index (κ2) is 9.08. The van der Waals surface area contributed by atoms with Gasteiger partial charge in [-0.05, 0) is 43.4 Å². The van der Waals surface area contributed by atoms with E-state index in [2.05, 4.69) is 27.3 Å². The Labute approximate surface area is 189 Å². The second-order valence-corrected chi connectivity index (χ2v) is 10.8. The van der Waals surface area contributed by atoms with Crippen LogP contribution in [-0.4, -0.2) is 47.3 Å². The molecule has 1 spiro atoms. The summed E-state index contributed by atoms with van der Waals surface area (Å²) in [5.74, 6) is -1.15. The van der Waals surface area contributed by atoms with Crippen molar-refractivity contribution in [3.05, 3.63) is 0 Å². The fourth-order valence-electron chi connectivity index (χ4n) is 4.40. The fourth-order valence-corrected chi connectivity index (χ4v) is 4.40. The third-order valence-corrected chi connectivity index (χ3v) is 6.62. The predicted molar refractivity (Wildman–Crippen MR) is 117 cm³/mol. The minimum Gasteiger partial charge on any atom is -0.350 e. The van der Waals surface area contributed by atoms with Crippen LogP contribution >= 0.6 is 0 Å². The Hall–Kier alpha value is -2.63. The van der Waals surface area contributed by atoms with Crippen LogP contribution in [0.3, 0.4) is 0 Å². The van der Waals surface area contributed by atoms with Gasteiger partial charge in [0, 0.05) is 18.4 Å². The van der Waals surface area contributed by atoms with Crippen LogP contribution in [0.2, 0.25) is 0 Å². The van der Waals surface area contributed by atoms with E-state index in [1.54, 1.807) is 0 Å². The van der Waals surface area contributed by atoms with Gasteiger partial charge in [0.1, 0.15) is 18.1 Å². The van der Waals surface area contributed by atoms with Crippen molar-refractivity contribution in [2.45, 2.75) is 96.3 Å². The van der Waals surface area contributed by atoms with Crippen molar-refractivity contribution in [2.24, 2.45) is 17.3 Å². The van der Waals surface area contributed by atoms with Gasteiger partial charge in [-0.2, -0.15) is 5.26 Å². The van der Waals surface area contributed by atoms with E-state index in [-0.39, 0.29) is 29.7 Å². The highest BCUT2D eigenvalue weighted by atomic mass is 16.2. The van der Waals surface area contributed by atoms with Crippen LogP contribution in [0.1, 0.15) is 72.6 Å². The molecule has 3 aliphatic rings. The number of hydrogen-bond acceptors (Lipinski definition) is 5. The molecular weight excluding hydrogens is 410 g/mol. The molecule has 9 nitrogen and oxygen atoms in total. The molecule has 3 rings (SSSR count). The summed E-state index contributed by atoms with van der Waals surface area (Å²) < 4.78 is 0. The minimum atomic E-state index is -0.806. The van der Waals surface area contributed by atoms with E-state index in [1.807, 2.05) is 20.8 Å². The normalized spacial score (nSPS) is 24.0. The molecule has 4 atom stereocenters. The molecule has 3 fully saturated rings. The fraction of sp³-hybridized carbons (Fsp3) is 0.783. The summed E-state index contributed by atoms with van der Waals surface area (Å²) in [4.78, 5) is 49.8. The molecule has 0 aromatic rings. The molecule has 1 saturated heterocycles. The standard InChI is InChI=1S/C23H35N5O4/c1-13(29)25-18(22(2,3)4)21(32)27-17(9-14-5-6-14)20(31)26-16(12-24)10-15-11-23(7-8-23)28-19(15)30/h14-18H,5-11H2,1-4H3,(H,25,29)(H,26,31)(H,27,32)(H,28,30)/t15-,16+,17+,18-/m1/s1. The summed E-state index contributed by atoms with van der Waals surface area (Å²) >= 11 is 0. The topological polar surface area (TPSA) is 140 Å². The molecular formula is C23H35N5O4. The summed E-state index contributed by atoms with van der Waals surface area (Å²) in [7, 11) is 0. The van der Waals surface area contributed by atoms with E-state index >= 15 is 0 Å². The summed E-state index contributed by atoms with van der Waals surface area (Å²) in [6, 6.07) is -0.297. The number of rotatable bonds is 9. The predicted octanol–water partition coefficient (Wildman–Crippen LogP) is 0.889. The maximum Gasteiger partial charge on any atom is 0.243 e. The van der Waals surface area contributed by atoms with Crippen LogP contribution in [0.5, 0.6) is 0 Å². The maximum atomic E-state index is 13.0. The Bertz CT molecular complexity index is 819. The summed E-state index contributed by atoms with van der Waals surface area (Å²) in [5.41, 5.74) is -0.625. The molecule has 0 unspecified atom stereocenters. The Morgan fingerprint density at radius 3 is 2.25 bits per heavy atom. The summed E-state index contributed by atoms with van der Waals surface area (Å²) in [6.07, 6.45) is 5.39. The quantitative estimate of drug-likeness (QED) is 0.417. The molecule has 176 valence electrons. The molecule has 32 heavy (non-hydrogen) atoms. The van der Waals surface area contributed by atoms with E-state index in [9.17, 15) is 24.4 Å². The van der Waals surface area contributed by atoms with Gasteiger partial charge in [-0.25, -0.2) is 0 Å². The van der Waals surface area contributed by atoms with Gasteiger partial charge in [-0.15, -0.1) is 0 Å². The zero-order valence-electron chi connectivity index (χ0n) is 19.4. The van der Waals surface area contributed by atoms with Gasteiger partial charge < -0.3 is 21.3 Å². The smallest absolute Gasteiger partial charge is 0.243 e. The van der Waals surface area contributed by atoms with Crippen LogP contribution in [-0.2, 0) is 19.2 Å². The van der Waals surface area contributed by atoms with Crippen LogP contribution in [0, 0.1) is 28.6 Å². The van der Waals surface area contributed by atoms with E-state index in [0.717, 1.165) is 25.7 Å². The molecule has 9 heteroatoms. The first-order valence-corrected chi connectivity index (χ1v) is 11.5. The third-order valence-electron chi connectivity index (χ3n) is 6.62. The number of amides is 4. The van der Waals surface area contributed by atoms with E-state index in [0.29, 0.717) is 18.8 Å². The SMILES string of the molecule is CC(=O)N[C@H](C(=O)N[C@@H](CC1CC1)C(=O)N[C@H](C#N)C[C@@H]1CC2(CC2)NC1=O)C(C)(C)C. The monoisotopic (exact) mass is 445 g/mol. The van der Waals surface area contributed by atoms with Crippen LogP contribution in [0.4, 0.5) is 0 Å². The molecule has 1 heterocycles. The molecule has 2 aliphatic carbocycles. The van der Waals surface area contributed by atoms with Gasteiger partial charge in [0.05, 0.1) is 6.07 Å². The van der Waals surface area contributed by atoms with Crippen molar-refractivity contribution >= 4 is 23.6 Å². The maximum absolute atomic E-state index is 13.0. The van der Waals surface area contributed by atoms with Crippen molar-refractivity contribution in [1.29, 1.82) is 5.26 Å². The van der Waals surface area contributed by atoms with Crippen molar-refractivity contribution in [3.8, 4) is 6.07 Å². The number of carbonyl (C=O) groups excluding carboxylic acids is 4. The van der Waals surface area contributed by atoms with Crippen molar-refractivity contribution in [2.75, 3.05) is 0 Å². The van der Waals surface area contributed by atoms with Crippen LogP contribution in [0.15, 0.2) is 0 Å². The molecule has 4 N–H and O–H groups in total. The van der Waals surface area contributed by atoms with Crippen molar-refractivity contribution in [3.63, 3.8) is 0 Å². The van der Waals surface area contributed by atoms with Crippen LogP contribution in [0.25, 0.3) is 0 Å². The molecule has 0 bridgehead atoms. The molecule has 0 radical (unpaired) electrons. The highest BCUT2D eigenvalue weighted by Gasteiger charge is 2.52. The van der Waals surface area contributed by atoms with E-state index in [1.165, 1.54) is 6.92 Å². The first kappa shape index (κ1) is 24.0. The van der Waals surface area contributed by atoms with Gasteiger partial charge >= 0.3 is 0 Å². The van der Waals surface area contributed by atoms with Gasteiger partial charge in [-0.1, -0.05) is 33.6 Å². The zero-order valence-corrected chi connectivity index (χ0v) is 19.4. The third kappa shape index (κ3) is 6.21. The first-order chi connectivity index (χ1) is 14.9. The van der Waals surface area contributed by atoms with E-state index < -0.39 is 35.4 Å². The highest BCUT2D eigenvalue weighted by molar-refractivity contribution is 5.92. The number of carbonyl (C=O) groups is 4. The lowest BCUT2D eigenvalue weighted by Crippen LogP contribution is -2.58. The average molecular weight is 446 g/mol. The largest absolute Gasteiger partial charge is 0.350 e. The summed E-state index contributed by atoms with van der Waals surface area (Å²) in [5, 5.41) is 20.8. The van der Waals surface area contributed by atoms with Gasteiger partial charge in [0.15, 0.2) is 0 Å². The van der Waals surface area contributed by atoms with Crippen molar-refractivity contribution in [1.82, 2.24) is 21.3 Å². The lowest BCUT2D eigenvalue weighted by atomic mass is 9.85. The Morgan fingerprint density at radius 1 is 1.12 bits per heavy atom. The van der Waals surface area contributed by atoms with E-state index in [4.69, 9.17) is 0 Å². The molecule has 1 aliphatic heterocycles. The van der Waals surface area contributed by atoms with Gasteiger partial charge in [0.25, 0.3) is 0 Å². The molecule has 4 amide bonds. The zero-order chi connectivity index (χ0) is 23.7. The molecule has 0 aromatic heterocycles. The first-order valence-electron chi connectivity index (χ1n) is 11.5. The Balaban J connectivity index is 1.63. The van der Waals surface area contributed by atoms with Crippen molar-refractivity contribution < 1.29 is 19.2 Å². The Morgan fingerprint density at radius 2 is 1.78 bits per heavy atom. The van der Waals surface area contributed by atoms with Crippen LogP contribution < -0.4 is 21.3 Å². The number of hydrogen-bond donors (Lipinski definition) is 4. The average Bonchev–Trinajstić information content (AvgIpc) is 3.60. The number of nitrogens with zero attached hydrogens (tertiary/aromatic N) is 1. The van der Waals surface area contributed by atoms with Gasteiger partial charge in [0.2, 0.25) is 23.6 Å². The Kier molecular flexibility index (Phi) is 6.82. The molecule has 2 saturated carbocycles. The summed E-state index contributed by atoms with van der Waals surface area (Å²) in [6.45, 7) is 6.87. The second-order valence-electron chi connectivity index (χ2n) is 10.8. The minimum absolute atomic E-state index is 0.0526. The number of nitrogens with one attached hydrogen (secondary N) is 4.